The molecule has 0 aromatic carbocycles. The van der Waals surface area contributed by atoms with E-state index in [1.54, 1.807) is 0 Å². The number of nitrogens with one attached hydrogen (secondary N) is 1. The minimum absolute atomic E-state index is 0.746. The molecule has 0 amide bonds. The Kier molecular flexibility index (Phi) is 2.89. The van der Waals surface area contributed by atoms with Crippen LogP contribution in [0.2, 0.25) is 0 Å². The van der Waals surface area contributed by atoms with Gasteiger partial charge in [-0.05, 0) is 38.3 Å². The van der Waals surface area contributed by atoms with Gasteiger partial charge < -0.3 is 5.32 Å². The first-order chi connectivity index (χ1) is 6.31. The van der Waals surface area contributed by atoms with E-state index in [0.717, 1.165) is 18.0 Å². The molecule has 0 aromatic heterocycles. The van der Waals surface area contributed by atoms with Gasteiger partial charge in [-0.1, -0.05) is 13.8 Å². The van der Waals surface area contributed by atoms with Gasteiger partial charge >= 0.3 is 0 Å². The Morgan fingerprint density at radius 2 is 2.23 bits per heavy atom. The van der Waals surface area contributed by atoms with Gasteiger partial charge in [-0.2, -0.15) is 0 Å². The molecule has 1 heterocycles. The third kappa shape index (κ3) is 2.23. The maximum Gasteiger partial charge on any atom is 0.0192 e. The van der Waals surface area contributed by atoms with E-state index in [0.29, 0.717) is 0 Å². The molecule has 3 atom stereocenters. The average Bonchev–Trinajstić information content (AvgIpc) is 2.87. The average molecular weight is 182 g/mol. The highest BCUT2D eigenvalue weighted by Crippen LogP contribution is 2.35. The van der Waals surface area contributed by atoms with Gasteiger partial charge in [0.1, 0.15) is 0 Å². The van der Waals surface area contributed by atoms with Crippen LogP contribution in [0.1, 0.15) is 33.1 Å². The SMILES string of the molecule is CCC1CN(C2CC2C)CCCN1. The van der Waals surface area contributed by atoms with Crippen molar-refractivity contribution in [2.75, 3.05) is 19.6 Å². The molecule has 2 rings (SSSR count). The van der Waals surface area contributed by atoms with Gasteiger partial charge in [-0.25, -0.2) is 0 Å². The molecule has 0 bridgehead atoms. The monoisotopic (exact) mass is 182 g/mol. The van der Waals surface area contributed by atoms with Crippen molar-refractivity contribution in [2.24, 2.45) is 5.92 Å². The van der Waals surface area contributed by atoms with Crippen molar-refractivity contribution < 1.29 is 0 Å². The minimum atomic E-state index is 0.746. The molecule has 76 valence electrons. The van der Waals surface area contributed by atoms with Crippen molar-refractivity contribution >= 4 is 0 Å². The van der Waals surface area contributed by atoms with Crippen LogP contribution in [0.15, 0.2) is 0 Å². The van der Waals surface area contributed by atoms with Gasteiger partial charge in [0.2, 0.25) is 0 Å². The summed E-state index contributed by atoms with van der Waals surface area (Å²) in [5.41, 5.74) is 0. The standard InChI is InChI=1S/C11H22N2/c1-3-10-8-13(6-4-5-12-10)11-7-9(11)2/h9-12H,3-8H2,1-2H3. The highest BCUT2D eigenvalue weighted by Gasteiger charge is 2.38. The van der Waals surface area contributed by atoms with Crippen molar-refractivity contribution in [3.63, 3.8) is 0 Å². The highest BCUT2D eigenvalue weighted by molar-refractivity contribution is 4.94. The van der Waals surface area contributed by atoms with Crippen LogP contribution in [0.5, 0.6) is 0 Å². The second kappa shape index (κ2) is 3.97. The molecule has 1 saturated carbocycles. The van der Waals surface area contributed by atoms with E-state index in [1.807, 2.05) is 0 Å². The summed E-state index contributed by atoms with van der Waals surface area (Å²) in [5.74, 6) is 0.968. The van der Waals surface area contributed by atoms with E-state index in [-0.39, 0.29) is 0 Å². The Labute approximate surface area is 81.7 Å². The van der Waals surface area contributed by atoms with Crippen molar-refractivity contribution in [3.05, 3.63) is 0 Å². The molecular weight excluding hydrogens is 160 g/mol. The van der Waals surface area contributed by atoms with Gasteiger partial charge in [0, 0.05) is 18.6 Å². The summed E-state index contributed by atoms with van der Waals surface area (Å²) in [5, 5.41) is 3.62. The van der Waals surface area contributed by atoms with Gasteiger partial charge in [-0.3, -0.25) is 4.90 Å². The van der Waals surface area contributed by atoms with Crippen molar-refractivity contribution in [1.29, 1.82) is 0 Å². The molecule has 3 unspecified atom stereocenters. The predicted molar refractivity (Wildman–Crippen MR) is 55.8 cm³/mol. The topological polar surface area (TPSA) is 15.3 Å². The molecular formula is C11H22N2. The smallest absolute Gasteiger partial charge is 0.0192 e. The zero-order chi connectivity index (χ0) is 9.26. The molecule has 2 aliphatic rings. The van der Waals surface area contributed by atoms with E-state index in [9.17, 15) is 0 Å². The van der Waals surface area contributed by atoms with Crippen LogP contribution in [0, 0.1) is 5.92 Å². The molecule has 2 heteroatoms. The third-order valence-electron chi connectivity index (χ3n) is 3.54. The molecule has 2 nitrogen and oxygen atoms in total. The lowest BCUT2D eigenvalue weighted by Gasteiger charge is -2.23. The molecule has 0 aromatic rings. The van der Waals surface area contributed by atoms with E-state index in [4.69, 9.17) is 0 Å². The summed E-state index contributed by atoms with van der Waals surface area (Å²) < 4.78 is 0. The molecule has 1 saturated heterocycles. The first-order valence-corrected chi connectivity index (χ1v) is 5.78. The van der Waals surface area contributed by atoms with Crippen LogP contribution in [0.3, 0.4) is 0 Å². The van der Waals surface area contributed by atoms with Crippen LogP contribution >= 0.6 is 0 Å². The van der Waals surface area contributed by atoms with E-state index in [1.165, 1.54) is 38.9 Å². The maximum absolute atomic E-state index is 3.62. The van der Waals surface area contributed by atoms with E-state index < -0.39 is 0 Å². The Hall–Kier alpha value is -0.0800. The zero-order valence-electron chi connectivity index (χ0n) is 8.92. The minimum Gasteiger partial charge on any atom is -0.313 e. The number of rotatable bonds is 2. The molecule has 13 heavy (non-hydrogen) atoms. The van der Waals surface area contributed by atoms with Gasteiger partial charge in [-0.15, -0.1) is 0 Å². The third-order valence-corrected chi connectivity index (χ3v) is 3.54. The Morgan fingerprint density at radius 3 is 2.85 bits per heavy atom. The van der Waals surface area contributed by atoms with Gasteiger partial charge in [0.15, 0.2) is 0 Å². The summed E-state index contributed by atoms with van der Waals surface area (Å²) in [4.78, 5) is 2.71. The summed E-state index contributed by atoms with van der Waals surface area (Å²) in [6.07, 6.45) is 4.05. The lowest BCUT2D eigenvalue weighted by atomic mass is 10.2. The normalized spacial score (nSPS) is 41.5. The molecule has 0 spiro atoms. The van der Waals surface area contributed by atoms with Crippen molar-refractivity contribution in [2.45, 2.75) is 45.2 Å². The Balaban J connectivity index is 1.87. The van der Waals surface area contributed by atoms with Gasteiger partial charge in [0.05, 0.1) is 0 Å². The lowest BCUT2D eigenvalue weighted by molar-refractivity contribution is 0.246. The fourth-order valence-electron chi connectivity index (χ4n) is 2.41. The molecule has 1 aliphatic heterocycles. The first kappa shape index (κ1) is 9.47. The quantitative estimate of drug-likeness (QED) is 0.695. The van der Waals surface area contributed by atoms with Crippen LogP contribution in [-0.4, -0.2) is 36.6 Å². The van der Waals surface area contributed by atoms with Crippen LogP contribution in [0.25, 0.3) is 0 Å². The summed E-state index contributed by atoms with van der Waals surface area (Å²) in [6.45, 7) is 8.49. The molecule has 2 fully saturated rings. The van der Waals surface area contributed by atoms with Crippen LogP contribution < -0.4 is 5.32 Å². The first-order valence-electron chi connectivity index (χ1n) is 5.78. The molecule has 1 aliphatic carbocycles. The van der Waals surface area contributed by atoms with Crippen LogP contribution in [0.4, 0.5) is 0 Å². The second-order valence-electron chi connectivity index (χ2n) is 4.69. The number of nitrogens with zero attached hydrogens (tertiary/aromatic N) is 1. The van der Waals surface area contributed by atoms with Crippen molar-refractivity contribution in [3.8, 4) is 0 Å². The largest absolute Gasteiger partial charge is 0.313 e. The summed E-state index contributed by atoms with van der Waals surface area (Å²) in [7, 11) is 0. The maximum atomic E-state index is 3.62. The van der Waals surface area contributed by atoms with E-state index in [2.05, 4.69) is 24.1 Å². The molecule has 0 radical (unpaired) electrons. The van der Waals surface area contributed by atoms with Crippen molar-refractivity contribution in [1.82, 2.24) is 10.2 Å². The molecule has 1 N–H and O–H groups in total. The fourth-order valence-corrected chi connectivity index (χ4v) is 2.41. The number of hydrogen-bond donors (Lipinski definition) is 1. The summed E-state index contributed by atoms with van der Waals surface area (Å²) >= 11 is 0. The Bertz CT molecular complexity index is 169. The predicted octanol–water partition coefficient (Wildman–Crippen LogP) is 1.47. The fraction of sp³-hybridized carbons (Fsp3) is 1.00. The van der Waals surface area contributed by atoms with Gasteiger partial charge in [0.25, 0.3) is 0 Å². The number of hydrogen-bond acceptors (Lipinski definition) is 2. The van der Waals surface area contributed by atoms with E-state index >= 15 is 0 Å². The Morgan fingerprint density at radius 1 is 1.46 bits per heavy atom. The van der Waals surface area contributed by atoms with Crippen LogP contribution in [-0.2, 0) is 0 Å². The highest BCUT2D eigenvalue weighted by atomic mass is 15.2. The zero-order valence-corrected chi connectivity index (χ0v) is 8.92. The second-order valence-corrected chi connectivity index (χ2v) is 4.69. The summed E-state index contributed by atoms with van der Waals surface area (Å²) in [6, 6.07) is 1.67. The lowest BCUT2D eigenvalue weighted by Crippen LogP contribution is -2.38.